The Balaban J connectivity index is 2.09. The lowest BCUT2D eigenvalue weighted by Gasteiger charge is -2.09. The lowest BCUT2D eigenvalue weighted by Crippen LogP contribution is -2.27. The molecule has 0 amide bonds. The molecular weight excluding hydrogens is 304 g/mol. The average molecular weight is 324 g/mol. The van der Waals surface area contributed by atoms with Gasteiger partial charge in [0.1, 0.15) is 4.90 Å². The van der Waals surface area contributed by atoms with E-state index in [0.717, 1.165) is 11.1 Å². The van der Waals surface area contributed by atoms with E-state index < -0.39 is 10.0 Å². The summed E-state index contributed by atoms with van der Waals surface area (Å²) in [4.78, 5) is 1.05. The van der Waals surface area contributed by atoms with Gasteiger partial charge in [0.25, 0.3) is 0 Å². The molecule has 6 heteroatoms. The van der Waals surface area contributed by atoms with E-state index in [-0.39, 0.29) is 6.54 Å². The molecule has 0 aliphatic carbocycles. The predicted octanol–water partition coefficient (Wildman–Crippen LogP) is 2.34. The highest BCUT2D eigenvalue weighted by Crippen LogP contribution is 2.26. The van der Waals surface area contributed by atoms with Crippen molar-refractivity contribution >= 4 is 21.4 Å². The van der Waals surface area contributed by atoms with E-state index in [1.54, 1.807) is 6.92 Å². The van der Waals surface area contributed by atoms with Crippen molar-refractivity contribution in [1.82, 2.24) is 4.72 Å². The number of thiophene rings is 1. The molecule has 114 valence electrons. The van der Waals surface area contributed by atoms with Gasteiger partial charge in [-0.1, -0.05) is 24.3 Å². The van der Waals surface area contributed by atoms with Crippen LogP contribution in [0.25, 0.3) is 0 Å². The van der Waals surface area contributed by atoms with Gasteiger partial charge >= 0.3 is 0 Å². The van der Waals surface area contributed by atoms with Gasteiger partial charge in [0, 0.05) is 18.0 Å². The Kier molecular flexibility index (Phi) is 5.16. The van der Waals surface area contributed by atoms with Crippen LogP contribution in [0.2, 0.25) is 0 Å². The predicted molar refractivity (Wildman–Crippen MR) is 87.0 cm³/mol. The number of rotatable bonds is 6. The maximum absolute atomic E-state index is 12.4. The number of nitrogens with two attached hydrogens (primary N) is 1. The second-order valence-corrected chi connectivity index (χ2v) is 7.62. The molecule has 0 bridgehead atoms. The molecule has 1 aromatic heterocycles. The first-order valence-corrected chi connectivity index (χ1v) is 9.13. The average Bonchev–Trinajstić information content (AvgIpc) is 2.83. The quantitative estimate of drug-likeness (QED) is 0.857. The van der Waals surface area contributed by atoms with Gasteiger partial charge in [0.2, 0.25) is 10.0 Å². The Morgan fingerprint density at radius 2 is 1.90 bits per heavy atom. The molecule has 1 aromatic carbocycles. The molecule has 2 aromatic rings. The molecule has 3 N–H and O–H groups in total. The van der Waals surface area contributed by atoms with Crippen molar-refractivity contribution in [3.8, 4) is 0 Å². The molecule has 4 nitrogen and oxygen atoms in total. The highest BCUT2D eigenvalue weighted by Gasteiger charge is 2.21. The van der Waals surface area contributed by atoms with Crippen molar-refractivity contribution in [3.05, 3.63) is 51.2 Å². The Hall–Kier alpha value is -1.21. The molecule has 0 fully saturated rings. The number of hydrogen-bond acceptors (Lipinski definition) is 4. The standard InChI is InChI=1S/C15H20N2O2S2/c1-11-5-3-4-6-13(11)7-8-17-21(18,19)15-12(2)10-20-14(15)9-16/h3-6,10,17H,7-9,16H2,1-2H3. The molecule has 0 unspecified atom stereocenters. The molecule has 0 saturated carbocycles. The van der Waals surface area contributed by atoms with E-state index in [2.05, 4.69) is 4.72 Å². The molecule has 21 heavy (non-hydrogen) atoms. The number of aryl methyl sites for hydroxylation is 2. The smallest absolute Gasteiger partial charge is 0.241 e. The van der Waals surface area contributed by atoms with E-state index in [4.69, 9.17) is 5.73 Å². The zero-order valence-electron chi connectivity index (χ0n) is 12.2. The van der Waals surface area contributed by atoms with Crippen molar-refractivity contribution in [1.29, 1.82) is 0 Å². The molecule has 0 spiro atoms. The third kappa shape index (κ3) is 3.71. The Bertz CT molecular complexity index is 721. The molecule has 0 atom stereocenters. The number of sulfonamides is 1. The second-order valence-electron chi connectivity index (χ2n) is 4.95. The van der Waals surface area contributed by atoms with Crippen LogP contribution in [0.1, 0.15) is 21.6 Å². The number of benzene rings is 1. The fraction of sp³-hybridized carbons (Fsp3) is 0.333. The first-order valence-electron chi connectivity index (χ1n) is 6.77. The third-order valence-corrected chi connectivity index (χ3v) is 6.34. The van der Waals surface area contributed by atoms with Crippen LogP contribution in [0.4, 0.5) is 0 Å². The van der Waals surface area contributed by atoms with Crippen molar-refractivity contribution in [2.45, 2.75) is 31.7 Å². The Labute approximate surface area is 130 Å². The fourth-order valence-corrected chi connectivity index (χ4v) is 5.00. The maximum atomic E-state index is 12.4. The van der Waals surface area contributed by atoms with Crippen LogP contribution in [-0.4, -0.2) is 15.0 Å². The minimum atomic E-state index is -3.49. The number of hydrogen-bond donors (Lipinski definition) is 2. The van der Waals surface area contributed by atoms with Gasteiger partial charge in [0.05, 0.1) is 0 Å². The molecule has 0 aliphatic heterocycles. The topological polar surface area (TPSA) is 72.2 Å². The zero-order chi connectivity index (χ0) is 15.5. The van der Waals surface area contributed by atoms with Gasteiger partial charge in [-0.2, -0.15) is 0 Å². The SMILES string of the molecule is Cc1ccccc1CCNS(=O)(=O)c1c(C)csc1CN. The summed E-state index contributed by atoms with van der Waals surface area (Å²) >= 11 is 1.39. The Morgan fingerprint density at radius 3 is 2.57 bits per heavy atom. The number of nitrogens with one attached hydrogen (secondary N) is 1. The van der Waals surface area contributed by atoms with Crippen molar-refractivity contribution < 1.29 is 8.42 Å². The van der Waals surface area contributed by atoms with Crippen LogP contribution in [-0.2, 0) is 23.0 Å². The van der Waals surface area contributed by atoms with Gasteiger partial charge in [-0.3, -0.25) is 0 Å². The summed E-state index contributed by atoms with van der Waals surface area (Å²) in [6.45, 7) is 4.45. The molecule has 0 saturated heterocycles. The summed E-state index contributed by atoms with van der Waals surface area (Å²) in [6.07, 6.45) is 0.674. The van der Waals surface area contributed by atoms with Crippen molar-refractivity contribution in [3.63, 3.8) is 0 Å². The zero-order valence-corrected chi connectivity index (χ0v) is 13.9. The third-order valence-electron chi connectivity index (χ3n) is 3.39. The summed E-state index contributed by atoms with van der Waals surface area (Å²) in [6, 6.07) is 7.99. The summed E-state index contributed by atoms with van der Waals surface area (Å²) in [5, 5.41) is 1.83. The lowest BCUT2D eigenvalue weighted by atomic mass is 10.1. The van der Waals surface area contributed by atoms with E-state index in [0.29, 0.717) is 22.7 Å². The normalized spacial score (nSPS) is 11.8. The first kappa shape index (κ1) is 16.2. The molecule has 2 rings (SSSR count). The van der Waals surface area contributed by atoms with Crippen molar-refractivity contribution in [2.24, 2.45) is 5.73 Å². The van der Waals surface area contributed by atoms with Gasteiger partial charge in [0.15, 0.2) is 0 Å². The highest BCUT2D eigenvalue weighted by atomic mass is 32.2. The van der Waals surface area contributed by atoms with E-state index in [1.165, 1.54) is 16.9 Å². The lowest BCUT2D eigenvalue weighted by molar-refractivity contribution is 0.580. The van der Waals surface area contributed by atoms with Crippen molar-refractivity contribution in [2.75, 3.05) is 6.54 Å². The van der Waals surface area contributed by atoms with Gasteiger partial charge in [-0.25, -0.2) is 13.1 Å². The summed E-state index contributed by atoms with van der Waals surface area (Å²) < 4.78 is 27.5. The van der Waals surface area contributed by atoms with Crippen LogP contribution in [0.15, 0.2) is 34.5 Å². The van der Waals surface area contributed by atoms with E-state index in [1.807, 2.05) is 36.6 Å². The van der Waals surface area contributed by atoms with Crippen LogP contribution < -0.4 is 10.5 Å². The fourth-order valence-electron chi connectivity index (χ4n) is 2.27. The van der Waals surface area contributed by atoms with Crippen LogP contribution >= 0.6 is 11.3 Å². The van der Waals surface area contributed by atoms with Gasteiger partial charge in [-0.15, -0.1) is 11.3 Å². The van der Waals surface area contributed by atoms with Crippen LogP contribution in [0.3, 0.4) is 0 Å². The highest BCUT2D eigenvalue weighted by molar-refractivity contribution is 7.89. The van der Waals surface area contributed by atoms with Crippen LogP contribution in [0, 0.1) is 13.8 Å². The van der Waals surface area contributed by atoms with Gasteiger partial charge < -0.3 is 5.73 Å². The van der Waals surface area contributed by atoms with Gasteiger partial charge in [-0.05, 0) is 42.3 Å². The Morgan fingerprint density at radius 1 is 1.19 bits per heavy atom. The van der Waals surface area contributed by atoms with E-state index in [9.17, 15) is 8.42 Å². The molecule has 0 aliphatic rings. The largest absolute Gasteiger partial charge is 0.326 e. The molecule has 0 radical (unpaired) electrons. The minimum Gasteiger partial charge on any atom is -0.326 e. The summed E-state index contributed by atoms with van der Waals surface area (Å²) in [5.41, 5.74) is 8.70. The second kappa shape index (κ2) is 6.70. The summed E-state index contributed by atoms with van der Waals surface area (Å²) in [5.74, 6) is 0. The van der Waals surface area contributed by atoms with Crippen LogP contribution in [0.5, 0.6) is 0 Å². The molecule has 1 heterocycles. The maximum Gasteiger partial charge on any atom is 0.241 e. The monoisotopic (exact) mass is 324 g/mol. The van der Waals surface area contributed by atoms with E-state index >= 15 is 0 Å². The first-order chi connectivity index (χ1) is 9.95. The molecular formula is C15H20N2O2S2. The summed E-state index contributed by atoms with van der Waals surface area (Å²) in [7, 11) is -3.49. The minimum absolute atomic E-state index is 0.243.